The van der Waals surface area contributed by atoms with E-state index in [1.54, 1.807) is 25.6 Å². The quantitative estimate of drug-likeness (QED) is 0.729. The van der Waals surface area contributed by atoms with Crippen molar-refractivity contribution < 1.29 is 9.15 Å². The maximum atomic E-state index is 13.0. The van der Waals surface area contributed by atoms with E-state index in [4.69, 9.17) is 9.15 Å². The summed E-state index contributed by atoms with van der Waals surface area (Å²) in [5.41, 5.74) is 1.78. The molecule has 0 radical (unpaired) electrons. The van der Waals surface area contributed by atoms with Gasteiger partial charge in [-0.1, -0.05) is 6.07 Å². The molecule has 8 heteroatoms. The third-order valence-corrected chi connectivity index (χ3v) is 4.66. The first-order chi connectivity index (χ1) is 13.2. The summed E-state index contributed by atoms with van der Waals surface area (Å²) in [6.45, 7) is 0.248. The molecule has 3 aromatic rings. The Hall–Kier alpha value is -3.26. The van der Waals surface area contributed by atoms with Crippen molar-refractivity contribution in [3.8, 4) is 0 Å². The van der Waals surface area contributed by atoms with Gasteiger partial charge in [0, 0.05) is 49.7 Å². The van der Waals surface area contributed by atoms with E-state index < -0.39 is 5.69 Å². The molecule has 1 unspecified atom stereocenters. The predicted molar refractivity (Wildman–Crippen MR) is 98.1 cm³/mol. The lowest BCUT2D eigenvalue weighted by Gasteiger charge is -2.23. The van der Waals surface area contributed by atoms with Gasteiger partial charge in [-0.2, -0.15) is 0 Å². The molecule has 0 aliphatic heterocycles. The van der Waals surface area contributed by atoms with E-state index in [1.807, 2.05) is 18.2 Å². The van der Waals surface area contributed by atoms with Crippen LogP contribution in [0.5, 0.6) is 0 Å². The number of aryl methyl sites for hydroxylation is 1. The van der Waals surface area contributed by atoms with Crippen molar-refractivity contribution in [2.24, 2.45) is 0 Å². The van der Waals surface area contributed by atoms with Gasteiger partial charge < -0.3 is 14.1 Å². The Kier molecular flexibility index (Phi) is 4.55. The Morgan fingerprint density at radius 2 is 2.26 bits per heavy atom. The highest BCUT2D eigenvalue weighted by atomic mass is 16.5. The van der Waals surface area contributed by atoms with Crippen molar-refractivity contribution in [2.75, 3.05) is 7.11 Å². The second kappa shape index (κ2) is 7.16. The number of methoxy groups -OCH3 is 1. The molecule has 138 valence electrons. The number of ether oxygens (including phenoxy) is 1. The fourth-order valence-corrected chi connectivity index (χ4v) is 3.26. The summed E-state index contributed by atoms with van der Waals surface area (Å²) in [7, 11) is 1.58. The van der Waals surface area contributed by atoms with Gasteiger partial charge in [-0.25, -0.2) is 9.78 Å². The van der Waals surface area contributed by atoms with Gasteiger partial charge in [0.2, 0.25) is 0 Å². The van der Waals surface area contributed by atoms with Crippen LogP contribution in [-0.2, 0) is 24.1 Å². The molecule has 4 rings (SSSR count). The van der Waals surface area contributed by atoms with Crippen LogP contribution in [0.15, 0.2) is 51.0 Å². The van der Waals surface area contributed by atoms with Gasteiger partial charge in [0.25, 0.3) is 5.56 Å². The van der Waals surface area contributed by atoms with E-state index in [1.165, 1.54) is 11.0 Å². The van der Waals surface area contributed by atoms with Gasteiger partial charge >= 0.3 is 5.69 Å². The molecule has 0 saturated carbocycles. The van der Waals surface area contributed by atoms with E-state index in [2.05, 4.69) is 15.0 Å². The molecular weight excluding hydrogens is 348 g/mol. The molecule has 3 heterocycles. The molecule has 8 nitrogen and oxygen atoms in total. The smallest absolute Gasteiger partial charge is 0.328 e. The van der Waals surface area contributed by atoms with Crippen LogP contribution in [0.4, 0.5) is 0 Å². The van der Waals surface area contributed by atoms with E-state index in [0.29, 0.717) is 29.9 Å². The first-order valence-electron chi connectivity index (χ1n) is 8.56. The van der Waals surface area contributed by atoms with E-state index in [-0.39, 0.29) is 18.2 Å². The SMILES string of the molecule is COC1Cc2[nH]c(=O)n(CCc3ccccn3)c(=O)c2C=C1c1cnco1. The zero-order chi connectivity index (χ0) is 18.8. The van der Waals surface area contributed by atoms with Crippen molar-refractivity contribution in [3.63, 3.8) is 0 Å². The van der Waals surface area contributed by atoms with E-state index in [9.17, 15) is 9.59 Å². The normalized spacial score (nSPS) is 16.0. The second-order valence-electron chi connectivity index (χ2n) is 6.24. The summed E-state index contributed by atoms with van der Waals surface area (Å²) in [5.74, 6) is 0.540. The lowest BCUT2D eigenvalue weighted by atomic mass is 9.93. The van der Waals surface area contributed by atoms with Crippen LogP contribution in [0.1, 0.15) is 22.7 Å². The van der Waals surface area contributed by atoms with Crippen LogP contribution < -0.4 is 11.2 Å². The summed E-state index contributed by atoms with van der Waals surface area (Å²) in [6.07, 6.45) is 6.84. The van der Waals surface area contributed by atoms with Gasteiger partial charge in [0.15, 0.2) is 12.2 Å². The number of pyridine rings is 1. The summed E-state index contributed by atoms with van der Waals surface area (Å²) in [5, 5.41) is 0. The van der Waals surface area contributed by atoms with Gasteiger partial charge in [-0.3, -0.25) is 14.3 Å². The number of aromatic nitrogens is 4. The Bertz CT molecular complexity index is 1080. The lowest BCUT2D eigenvalue weighted by molar-refractivity contribution is 0.146. The molecule has 1 aliphatic rings. The average Bonchev–Trinajstić information content (AvgIpc) is 3.22. The highest BCUT2D eigenvalue weighted by Crippen LogP contribution is 2.29. The summed E-state index contributed by atoms with van der Waals surface area (Å²) in [6, 6.07) is 5.56. The van der Waals surface area contributed by atoms with Crippen molar-refractivity contribution >= 4 is 11.6 Å². The lowest BCUT2D eigenvalue weighted by Crippen LogP contribution is -2.40. The molecule has 0 aromatic carbocycles. The maximum Gasteiger partial charge on any atom is 0.328 e. The number of nitrogens with one attached hydrogen (secondary N) is 1. The molecule has 0 amide bonds. The Balaban J connectivity index is 1.74. The van der Waals surface area contributed by atoms with E-state index >= 15 is 0 Å². The standard InChI is InChI=1S/C19H18N4O4/c1-26-16-9-15-13(8-14(16)17-10-20-11-27-17)18(24)23(19(25)22-15)7-5-12-4-2-3-6-21-12/h2-4,6,8,10-11,16H,5,7,9H2,1H3,(H,22,25). The van der Waals surface area contributed by atoms with Crippen LogP contribution in [0.2, 0.25) is 0 Å². The molecule has 0 spiro atoms. The van der Waals surface area contributed by atoms with E-state index in [0.717, 1.165) is 11.3 Å². The summed E-state index contributed by atoms with van der Waals surface area (Å²) >= 11 is 0. The number of H-pyrrole nitrogens is 1. The first-order valence-corrected chi connectivity index (χ1v) is 8.56. The average molecular weight is 366 g/mol. The molecule has 3 aromatic heterocycles. The number of fused-ring (bicyclic) bond motifs is 1. The Morgan fingerprint density at radius 3 is 2.96 bits per heavy atom. The van der Waals surface area contributed by atoms with Crippen molar-refractivity contribution in [2.45, 2.75) is 25.5 Å². The minimum atomic E-state index is -0.430. The fourth-order valence-electron chi connectivity index (χ4n) is 3.26. The number of rotatable bonds is 5. The second-order valence-corrected chi connectivity index (χ2v) is 6.24. The summed E-state index contributed by atoms with van der Waals surface area (Å²) in [4.78, 5) is 36.4. The molecule has 1 N–H and O–H groups in total. The molecular formula is C19H18N4O4. The zero-order valence-electron chi connectivity index (χ0n) is 14.7. The number of aromatic amines is 1. The van der Waals surface area contributed by atoms with Gasteiger partial charge in [0.05, 0.1) is 17.9 Å². The van der Waals surface area contributed by atoms with Crippen LogP contribution in [0.25, 0.3) is 11.6 Å². The molecule has 0 fully saturated rings. The van der Waals surface area contributed by atoms with Gasteiger partial charge in [-0.15, -0.1) is 0 Å². The third kappa shape index (κ3) is 3.26. The molecule has 1 aliphatic carbocycles. The van der Waals surface area contributed by atoms with Crippen LogP contribution in [0, 0.1) is 0 Å². The topological polar surface area (TPSA) is 103 Å². The maximum absolute atomic E-state index is 13.0. The van der Waals surface area contributed by atoms with Crippen LogP contribution >= 0.6 is 0 Å². The Morgan fingerprint density at radius 1 is 1.37 bits per heavy atom. The first kappa shape index (κ1) is 17.2. The number of hydrogen-bond donors (Lipinski definition) is 1. The predicted octanol–water partition coefficient (Wildman–Crippen LogP) is 1.27. The third-order valence-electron chi connectivity index (χ3n) is 4.66. The monoisotopic (exact) mass is 366 g/mol. The summed E-state index contributed by atoms with van der Waals surface area (Å²) < 4.78 is 12.1. The fraction of sp³-hybridized carbons (Fsp3) is 0.263. The van der Waals surface area contributed by atoms with Gasteiger partial charge in [-0.05, 0) is 18.2 Å². The number of hydrogen-bond acceptors (Lipinski definition) is 6. The molecule has 0 bridgehead atoms. The minimum Gasteiger partial charge on any atom is -0.444 e. The van der Waals surface area contributed by atoms with Crippen LogP contribution in [0.3, 0.4) is 0 Å². The van der Waals surface area contributed by atoms with Crippen molar-refractivity contribution in [1.29, 1.82) is 0 Å². The van der Waals surface area contributed by atoms with Crippen molar-refractivity contribution in [3.05, 3.63) is 80.5 Å². The largest absolute Gasteiger partial charge is 0.444 e. The zero-order valence-corrected chi connectivity index (χ0v) is 14.7. The molecule has 0 saturated heterocycles. The Labute approximate surface area is 154 Å². The molecule has 1 atom stereocenters. The molecule has 27 heavy (non-hydrogen) atoms. The van der Waals surface area contributed by atoms with Crippen LogP contribution in [-0.4, -0.2) is 32.7 Å². The van der Waals surface area contributed by atoms with Crippen molar-refractivity contribution in [1.82, 2.24) is 19.5 Å². The minimum absolute atomic E-state index is 0.248. The van der Waals surface area contributed by atoms with Gasteiger partial charge in [0.1, 0.15) is 0 Å². The number of oxazole rings is 1. The highest BCUT2D eigenvalue weighted by molar-refractivity contribution is 5.84. The highest BCUT2D eigenvalue weighted by Gasteiger charge is 2.27. The number of nitrogens with zero attached hydrogens (tertiary/aromatic N) is 3.